The van der Waals surface area contributed by atoms with Gasteiger partial charge in [-0.15, -0.1) is 0 Å². The van der Waals surface area contributed by atoms with E-state index in [1.165, 1.54) is 6.07 Å². The molecule has 0 saturated heterocycles. The van der Waals surface area contributed by atoms with Gasteiger partial charge in [0.05, 0.1) is 17.8 Å². The van der Waals surface area contributed by atoms with Crippen molar-refractivity contribution in [1.82, 2.24) is 20.1 Å². The number of carbonyl (C=O) groups excluding carboxylic acids is 1. The van der Waals surface area contributed by atoms with Gasteiger partial charge in [0, 0.05) is 25.1 Å². The highest BCUT2D eigenvalue weighted by Crippen LogP contribution is 2.37. The molecule has 31 heavy (non-hydrogen) atoms. The lowest BCUT2D eigenvalue weighted by atomic mass is 10.0. The minimum Gasteiger partial charge on any atom is -0.446 e. The first-order valence-corrected chi connectivity index (χ1v) is 10.8. The zero-order chi connectivity index (χ0) is 22.0. The Morgan fingerprint density at radius 3 is 2.90 bits per heavy atom. The van der Waals surface area contributed by atoms with Gasteiger partial charge in [0.1, 0.15) is 29.3 Å². The molecule has 1 saturated carbocycles. The van der Waals surface area contributed by atoms with Crippen molar-refractivity contribution in [3.8, 4) is 0 Å². The lowest BCUT2D eigenvalue weighted by Gasteiger charge is -2.22. The largest absolute Gasteiger partial charge is 0.446 e. The molecule has 1 aliphatic carbocycles. The third kappa shape index (κ3) is 5.15. The minimum absolute atomic E-state index is 0.0553. The lowest BCUT2D eigenvalue weighted by molar-refractivity contribution is 0.0952. The second-order valence-electron chi connectivity index (χ2n) is 9.16. The summed E-state index contributed by atoms with van der Waals surface area (Å²) in [5.41, 5.74) is 0.926. The fourth-order valence-electron chi connectivity index (χ4n) is 4.03. The molecule has 3 heterocycles. The Labute approximate surface area is 181 Å². The van der Waals surface area contributed by atoms with E-state index in [1.54, 1.807) is 6.07 Å². The summed E-state index contributed by atoms with van der Waals surface area (Å²) in [5, 5.41) is 10.9. The number of hydrogen-bond donors (Lipinski definition) is 2. The maximum atomic E-state index is 14.2. The van der Waals surface area contributed by atoms with Crippen LogP contribution in [-0.2, 0) is 21.6 Å². The van der Waals surface area contributed by atoms with Gasteiger partial charge in [0.2, 0.25) is 0 Å². The summed E-state index contributed by atoms with van der Waals surface area (Å²) in [7, 11) is 0. The predicted molar refractivity (Wildman–Crippen MR) is 114 cm³/mol. The third-order valence-electron chi connectivity index (χ3n) is 5.59. The van der Waals surface area contributed by atoms with Crippen LogP contribution in [0, 0.1) is 5.82 Å². The molecule has 0 unspecified atom stereocenters. The van der Waals surface area contributed by atoms with Crippen molar-refractivity contribution in [1.29, 1.82) is 0 Å². The fraction of sp³-hybridized carbons (Fsp3) is 0.591. The number of halogens is 1. The highest BCUT2D eigenvalue weighted by atomic mass is 19.1. The van der Waals surface area contributed by atoms with Crippen molar-refractivity contribution in [2.45, 2.75) is 70.6 Å². The highest BCUT2D eigenvalue weighted by molar-refractivity contribution is 5.67. The maximum Gasteiger partial charge on any atom is 0.407 e. The van der Waals surface area contributed by atoms with Crippen LogP contribution in [0.15, 0.2) is 18.2 Å². The van der Waals surface area contributed by atoms with Crippen LogP contribution in [0.2, 0.25) is 0 Å². The van der Waals surface area contributed by atoms with Gasteiger partial charge >= 0.3 is 6.09 Å². The highest BCUT2D eigenvalue weighted by Gasteiger charge is 2.32. The summed E-state index contributed by atoms with van der Waals surface area (Å²) < 4.78 is 27.3. The average molecular weight is 432 g/mol. The van der Waals surface area contributed by atoms with Crippen LogP contribution in [0.4, 0.5) is 20.8 Å². The monoisotopic (exact) mass is 431 g/mol. The van der Waals surface area contributed by atoms with Gasteiger partial charge in [-0.05, 0) is 58.6 Å². The van der Waals surface area contributed by atoms with Crippen LogP contribution in [-0.4, -0.2) is 40.1 Å². The second-order valence-corrected chi connectivity index (χ2v) is 9.16. The SMILES string of the molecule is CC(C)(C)n1nc2cc1Nc1ccc(F)c(n1)COCCCNC(=O)O[C@@H]1CC[C@H]2C1. The zero-order valence-corrected chi connectivity index (χ0v) is 18.3. The molecule has 2 aliphatic rings. The van der Waals surface area contributed by atoms with Crippen molar-refractivity contribution in [3.05, 3.63) is 35.4 Å². The van der Waals surface area contributed by atoms with Gasteiger partial charge in [-0.2, -0.15) is 5.10 Å². The summed E-state index contributed by atoms with van der Waals surface area (Å²) in [6, 6.07) is 5.03. The Morgan fingerprint density at radius 2 is 2.10 bits per heavy atom. The smallest absolute Gasteiger partial charge is 0.407 e. The van der Waals surface area contributed by atoms with E-state index in [0.29, 0.717) is 25.4 Å². The van der Waals surface area contributed by atoms with Crippen LogP contribution in [0.3, 0.4) is 0 Å². The van der Waals surface area contributed by atoms with Gasteiger partial charge in [-0.3, -0.25) is 0 Å². The van der Waals surface area contributed by atoms with Gasteiger partial charge in [-0.25, -0.2) is 18.9 Å². The number of rotatable bonds is 0. The zero-order valence-electron chi connectivity index (χ0n) is 18.3. The van der Waals surface area contributed by atoms with E-state index in [-0.39, 0.29) is 29.9 Å². The number of carbonyl (C=O) groups is 1. The standard InChI is InChI=1S/C22H30FN5O3/c1-22(2,3)28-20-12-17(27-28)14-5-6-15(11-14)31-21(29)24-9-4-10-30-13-18-16(23)7-8-19(25-18)26-20/h7-8,12,14-15H,4-6,9-11,13H2,1-3H3,(H,24,29)(H,25,26)/t14-,15+/m0/s1. The molecule has 6 bridgehead atoms. The molecule has 2 atom stereocenters. The van der Waals surface area contributed by atoms with Crippen LogP contribution in [0.1, 0.15) is 63.8 Å². The number of pyridine rings is 1. The molecule has 8 nitrogen and oxygen atoms in total. The molecule has 0 radical (unpaired) electrons. The molecule has 1 amide bonds. The first kappa shape index (κ1) is 21.5. The van der Waals surface area contributed by atoms with E-state index in [1.807, 2.05) is 10.7 Å². The van der Waals surface area contributed by atoms with Crippen molar-refractivity contribution in [2.24, 2.45) is 0 Å². The molecule has 168 valence electrons. The molecule has 1 fully saturated rings. The maximum absolute atomic E-state index is 14.2. The molecule has 0 aromatic carbocycles. The first-order chi connectivity index (χ1) is 14.8. The number of aromatic nitrogens is 3. The number of hydrogen-bond acceptors (Lipinski definition) is 6. The van der Waals surface area contributed by atoms with Gasteiger partial charge < -0.3 is 20.1 Å². The third-order valence-corrected chi connectivity index (χ3v) is 5.59. The summed E-state index contributed by atoms with van der Waals surface area (Å²) in [6.45, 7) is 7.10. The first-order valence-electron chi connectivity index (χ1n) is 10.8. The number of amides is 1. The summed E-state index contributed by atoms with van der Waals surface area (Å²) in [5.74, 6) is 1.13. The van der Waals surface area contributed by atoms with Crippen LogP contribution < -0.4 is 10.6 Å². The number of nitrogens with one attached hydrogen (secondary N) is 2. The molecule has 4 rings (SSSR count). The summed E-state index contributed by atoms with van der Waals surface area (Å²) in [4.78, 5) is 16.5. The lowest BCUT2D eigenvalue weighted by Crippen LogP contribution is -2.29. The van der Waals surface area contributed by atoms with Crippen LogP contribution >= 0.6 is 0 Å². The van der Waals surface area contributed by atoms with Crippen LogP contribution in [0.25, 0.3) is 0 Å². The second kappa shape index (κ2) is 8.82. The van der Waals surface area contributed by atoms with Gasteiger partial charge in [0.15, 0.2) is 0 Å². The van der Waals surface area contributed by atoms with Crippen molar-refractivity contribution in [2.75, 3.05) is 18.5 Å². The van der Waals surface area contributed by atoms with E-state index in [9.17, 15) is 9.18 Å². The number of fused-ring (bicyclic) bond motifs is 7. The summed E-state index contributed by atoms with van der Waals surface area (Å²) in [6.07, 6.45) is 2.55. The Bertz CT molecular complexity index is 940. The molecular formula is C22H30FN5O3. The van der Waals surface area contributed by atoms with Crippen molar-refractivity contribution < 1.29 is 18.7 Å². The predicted octanol–water partition coefficient (Wildman–Crippen LogP) is 4.20. The van der Waals surface area contributed by atoms with Crippen molar-refractivity contribution >= 4 is 17.7 Å². The van der Waals surface area contributed by atoms with E-state index < -0.39 is 11.9 Å². The number of nitrogens with zero attached hydrogens (tertiary/aromatic N) is 3. The van der Waals surface area contributed by atoms with E-state index >= 15 is 0 Å². The number of alkyl carbamates (subject to hydrolysis) is 1. The Morgan fingerprint density at radius 1 is 1.26 bits per heavy atom. The van der Waals surface area contributed by atoms with Gasteiger partial charge in [-0.1, -0.05) is 0 Å². The van der Waals surface area contributed by atoms with Crippen molar-refractivity contribution in [3.63, 3.8) is 0 Å². The molecule has 2 aromatic rings. The normalized spacial score (nSPS) is 22.6. The van der Waals surface area contributed by atoms with E-state index in [2.05, 4.69) is 36.4 Å². The number of anilines is 2. The van der Waals surface area contributed by atoms with Crippen LogP contribution in [0.5, 0.6) is 0 Å². The summed E-state index contributed by atoms with van der Waals surface area (Å²) >= 11 is 0. The molecule has 9 heteroatoms. The topological polar surface area (TPSA) is 90.3 Å². The molecular weight excluding hydrogens is 401 g/mol. The molecule has 2 N–H and O–H groups in total. The fourth-order valence-corrected chi connectivity index (χ4v) is 4.03. The van der Waals surface area contributed by atoms with E-state index in [4.69, 9.17) is 14.6 Å². The van der Waals surface area contributed by atoms with Gasteiger partial charge in [0.25, 0.3) is 0 Å². The average Bonchev–Trinajstić information content (AvgIpc) is 3.33. The van der Waals surface area contributed by atoms with E-state index in [0.717, 1.165) is 30.8 Å². The Hall–Kier alpha value is -2.68. The molecule has 2 aromatic heterocycles. The Kier molecular flexibility index (Phi) is 6.13. The minimum atomic E-state index is -0.413. The number of ether oxygens (including phenoxy) is 2. The molecule has 0 spiro atoms. The molecule has 1 aliphatic heterocycles. The Balaban J connectivity index is 1.66. The quantitative estimate of drug-likeness (QED) is 0.650.